The molecule has 0 N–H and O–H groups in total. The Kier molecular flexibility index (Phi) is 3.82. The van der Waals surface area contributed by atoms with Gasteiger partial charge < -0.3 is 9.32 Å². The normalized spacial score (nSPS) is 11.0. The molecule has 0 aliphatic rings. The van der Waals surface area contributed by atoms with Gasteiger partial charge >= 0.3 is 0 Å². The summed E-state index contributed by atoms with van der Waals surface area (Å²) in [6.45, 7) is 1.10. The van der Waals surface area contributed by atoms with E-state index in [0.717, 1.165) is 29.6 Å². The fourth-order valence-corrected chi connectivity index (χ4v) is 1.46. The van der Waals surface area contributed by atoms with E-state index in [1.54, 1.807) is 6.26 Å². The van der Waals surface area contributed by atoms with E-state index in [1.807, 2.05) is 6.07 Å². The van der Waals surface area contributed by atoms with Crippen LogP contribution >= 0.6 is 15.9 Å². The minimum absolute atomic E-state index is 1.01. The van der Waals surface area contributed by atoms with E-state index in [-0.39, 0.29) is 0 Å². The van der Waals surface area contributed by atoms with Gasteiger partial charge in [-0.1, -0.05) is 0 Å². The first-order chi connectivity index (χ1) is 5.70. The second-order valence-electron chi connectivity index (χ2n) is 3.10. The molecule has 0 unspecified atom stereocenters. The predicted octanol–water partition coefficient (Wildman–Crippen LogP) is 2.54. The van der Waals surface area contributed by atoms with Gasteiger partial charge in [0.25, 0.3) is 0 Å². The molecule has 0 aromatic carbocycles. The number of furan rings is 1. The molecule has 0 saturated carbocycles. The Morgan fingerprint density at radius 3 is 2.75 bits per heavy atom. The molecule has 3 heteroatoms. The Balaban J connectivity index is 2.29. The van der Waals surface area contributed by atoms with Crippen LogP contribution in [0, 0.1) is 0 Å². The minimum Gasteiger partial charge on any atom is -0.468 e. The van der Waals surface area contributed by atoms with Gasteiger partial charge in [0, 0.05) is 6.42 Å². The Morgan fingerprint density at radius 1 is 1.50 bits per heavy atom. The maximum Gasteiger partial charge on any atom is 0.117 e. The lowest BCUT2D eigenvalue weighted by Gasteiger charge is -2.07. The minimum atomic E-state index is 1.01. The first-order valence-corrected chi connectivity index (χ1v) is 4.86. The van der Waals surface area contributed by atoms with Gasteiger partial charge in [0.1, 0.15) is 5.76 Å². The van der Waals surface area contributed by atoms with E-state index in [4.69, 9.17) is 4.42 Å². The van der Waals surface area contributed by atoms with Crippen molar-refractivity contribution in [2.24, 2.45) is 0 Å². The molecule has 1 rings (SSSR count). The molecule has 1 heterocycles. The molecular weight excluding hydrogens is 218 g/mol. The third-order valence-electron chi connectivity index (χ3n) is 1.70. The summed E-state index contributed by atoms with van der Waals surface area (Å²) in [7, 11) is 4.16. The lowest BCUT2D eigenvalue weighted by atomic mass is 10.2. The maximum absolute atomic E-state index is 5.28. The van der Waals surface area contributed by atoms with Crippen LogP contribution in [0.4, 0.5) is 0 Å². The standard InChI is InChI=1S/C9H14BrNO/c1-11(2)6-3-4-9-8(10)5-7-12-9/h5,7H,3-4,6H2,1-2H3. The first-order valence-electron chi connectivity index (χ1n) is 4.07. The topological polar surface area (TPSA) is 16.4 Å². The third kappa shape index (κ3) is 2.99. The summed E-state index contributed by atoms with van der Waals surface area (Å²) in [5.74, 6) is 1.05. The van der Waals surface area contributed by atoms with Gasteiger partial charge in [-0.25, -0.2) is 0 Å². The number of nitrogens with zero attached hydrogens (tertiary/aromatic N) is 1. The largest absolute Gasteiger partial charge is 0.468 e. The van der Waals surface area contributed by atoms with Crippen LogP contribution in [0.15, 0.2) is 21.2 Å². The highest BCUT2D eigenvalue weighted by Gasteiger charge is 2.02. The van der Waals surface area contributed by atoms with Crippen LogP contribution in [0.25, 0.3) is 0 Å². The molecule has 0 saturated heterocycles. The van der Waals surface area contributed by atoms with Gasteiger partial charge in [0.2, 0.25) is 0 Å². The van der Waals surface area contributed by atoms with Gasteiger partial charge in [0.15, 0.2) is 0 Å². The summed E-state index contributed by atoms with van der Waals surface area (Å²) in [5.41, 5.74) is 0. The Morgan fingerprint density at radius 2 is 2.25 bits per heavy atom. The van der Waals surface area contributed by atoms with E-state index in [2.05, 4.69) is 34.9 Å². The van der Waals surface area contributed by atoms with E-state index in [1.165, 1.54) is 0 Å². The number of halogens is 1. The van der Waals surface area contributed by atoms with Gasteiger partial charge in [-0.3, -0.25) is 0 Å². The Labute approximate surface area is 81.7 Å². The molecular formula is C9H14BrNO. The van der Waals surface area contributed by atoms with Crippen molar-refractivity contribution in [2.45, 2.75) is 12.8 Å². The molecule has 2 nitrogen and oxygen atoms in total. The summed E-state index contributed by atoms with van der Waals surface area (Å²) < 4.78 is 6.37. The van der Waals surface area contributed by atoms with Crippen molar-refractivity contribution in [3.8, 4) is 0 Å². The number of hydrogen-bond donors (Lipinski definition) is 0. The predicted molar refractivity (Wildman–Crippen MR) is 53.3 cm³/mol. The van der Waals surface area contributed by atoms with E-state index in [0.29, 0.717) is 0 Å². The van der Waals surface area contributed by atoms with E-state index < -0.39 is 0 Å². The number of rotatable bonds is 4. The lowest BCUT2D eigenvalue weighted by Crippen LogP contribution is -2.13. The van der Waals surface area contributed by atoms with Crippen LogP contribution in [-0.2, 0) is 6.42 Å². The zero-order valence-electron chi connectivity index (χ0n) is 7.51. The summed E-state index contributed by atoms with van der Waals surface area (Å²) in [6.07, 6.45) is 3.86. The zero-order valence-corrected chi connectivity index (χ0v) is 9.10. The van der Waals surface area contributed by atoms with Crippen molar-refractivity contribution < 1.29 is 4.42 Å². The average Bonchev–Trinajstić information content (AvgIpc) is 2.36. The summed E-state index contributed by atoms with van der Waals surface area (Å²) in [4.78, 5) is 2.18. The zero-order chi connectivity index (χ0) is 8.97. The van der Waals surface area contributed by atoms with Crippen molar-refractivity contribution in [1.82, 2.24) is 4.90 Å². The lowest BCUT2D eigenvalue weighted by molar-refractivity contribution is 0.389. The van der Waals surface area contributed by atoms with Gasteiger partial charge in [-0.15, -0.1) is 0 Å². The van der Waals surface area contributed by atoms with Crippen molar-refractivity contribution >= 4 is 15.9 Å². The maximum atomic E-state index is 5.28. The highest BCUT2D eigenvalue weighted by Crippen LogP contribution is 2.18. The summed E-state index contributed by atoms with van der Waals surface area (Å²) in [6, 6.07) is 1.94. The van der Waals surface area contributed by atoms with Crippen molar-refractivity contribution in [3.63, 3.8) is 0 Å². The second kappa shape index (κ2) is 4.67. The molecule has 0 radical (unpaired) electrons. The fraction of sp³-hybridized carbons (Fsp3) is 0.556. The Bertz CT molecular complexity index is 232. The number of aryl methyl sites for hydroxylation is 1. The molecule has 0 spiro atoms. The molecule has 1 aromatic rings. The first kappa shape index (κ1) is 9.81. The van der Waals surface area contributed by atoms with Crippen LogP contribution in [-0.4, -0.2) is 25.5 Å². The molecule has 0 aliphatic carbocycles. The van der Waals surface area contributed by atoms with Crippen molar-refractivity contribution in [2.75, 3.05) is 20.6 Å². The van der Waals surface area contributed by atoms with Crippen LogP contribution in [0.2, 0.25) is 0 Å². The third-order valence-corrected chi connectivity index (χ3v) is 2.41. The average molecular weight is 232 g/mol. The van der Waals surface area contributed by atoms with Crippen LogP contribution in [0.5, 0.6) is 0 Å². The van der Waals surface area contributed by atoms with Gasteiger partial charge in [-0.05, 0) is 49.1 Å². The summed E-state index contributed by atoms with van der Waals surface area (Å²) in [5, 5.41) is 0. The molecule has 1 aromatic heterocycles. The quantitative estimate of drug-likeness (QED) is 0.793. The molecule has 0 aliphatic heterocycles. The molecule has 68 valence electrons. The molecule has 12 heavy (non-hydrogen) atoms. The van der Waals surface area contributed by atoms with Crippen LogP contribution in [0.3, 0.4) is 0 Å². The van der Waals surface area contributed by atoms with Crippen LogP contribution in [0.1, 0.15) is 12.2 Å². The highest BCUT2D eigenvalue weighted by atomic mass is 79.9. The SMILES string of the molecule is CN(C)CCCc1occc1Br. The van der Waals surface area contributed by atoms with Crippen LogP contribution < -0.4 is 0 Å². The van der Waals surface area contributed by atoms with Crippen molar-refractivity contribution in [3.05, 3.63) is 22.6 Å². The number of hydrogen-bond acceptors (Lipinski definition) is 2. The van der Waals surface area contributed by atoms with Gasteiger partial charge in [-0.2, -0.15) is 0 Å². The van der Waals surface area contributed by atoms with E-state index in [9.17, 15) is 0 Å². The molecule has 0 fully saturated rings. The summed E-state index contributed by atoms with van der Waals surface area (Å²) >= 11 is 3.43. The smallest absolute Gasteiger partial charge is 0.117 e. The van der Waals surface area contributed by atoms with E-state index >= 15 is 0 Å². The second-order valence-corrected chi connectivity index (χ2v) is 3.95. The molecule has 0 amide bonds. The molecule has 0 bridgehead atoms. The Hall–Kier alpha value is -0.280. The van der Waals surface area contributed by atoms with Gasteiger partial charge in [0.05, 0.1) is 10.7 Å². The van der Waals surface area contributed by atoms with Crippen molar-refractivity contribution in [1.29, 1.82) is 0 Å². The highest BCUT2D eigenvalue weighted by molar-refractivity contribution is 9.10. The monoisotopic (exact) mass is 231 g/mol. The molecule has 0 atom stereocenters. The fourth-order valence-electron chi connectivity index (χ4n) is 1.06.